The van der Waals surface area contributed by atoms with Crippen LogP contribution in [-0.4, -0.2) is 37.4 Å². The number of hydrogen-bond donors (Lipinski definition) is 3. The van der Waals surface area contributed by atoms with Crippen molar-refractivity contribution in [1.29, 1.82) is 0 Å². The standard InChI is InChI=1S/C22H22N4O3/c1-14-19(26-11-5-4-8-20(26)24-14)9-10-21(27)25-18(22(28)29)12-15-13-23-17-7-3-2-6-16(15)17/h2-8,11,13,18,23H,9-10,12H2,1H3,(H,25,27)(H,28,29). The van der Waals surface area contributed by atoms with E-state index in [0.717, 1.165) is 33.5 Å². The molecule has 3 N–H and O–H groups in total. The van der Waals surface area contributed by atoms with E-state index >= 15 is 0 Å². The largest absolute Gasteiger partial charge is 0.480 e. The van der Waals surface area contributed by atoms with Crippen molar-refractivity contribution in [2.24, 2.45) is 0 Å². The van der Waals surface area contributed by atoms with Gasteiger partial charge in [0.2, 0.25) is 5.91 Å². The Morgan fingerprint density at radius 1 is 1.21 bits per heavy atom. The monoisotopic (exact) mass is 390 g/mol. The number of imidazole rings is 1. The molecule has 1 unspecified atom stereocenters. The Balaban J connectivity index is 1.44. The number of pyridine rings is 1. The molecular weight excluding hydrogens is 368 g/mol. The summed E-state index contributed by atoms with van der Waals surface area (Å²) < 4.78 is 1.96. The zero-order valence-corrected chi connectivity index (χ0v) is 16.1. The van der Waals surface area contributed by atoms with Gasteiger partial charge in [-0.05, 0) is 37.1 Å². The number of para-hydroxylation sites is 1. The molecule has 148 valence electrons. The van der Waals surface area contributed by atoms with Crippen LogP contribution in [0.15, 0.2) is 54.9 Å². The van der Waals surface area contributed by atoms with Gasteiger partial charge in [-0.2, -0.15) is 0 Å². The first-order valence-electron chi connectivity index (χ1n) is 9.52. The lowest BCUT2D eigenvalue weighted by Crippen LogP contribution is -2.42. The van der Waals surface area contributed by atoms with Crippen LogP contribution >= 0.6 is 0 Å². The minimum atomic E-state index is -1.05. The highest BCUT2D eigenvalue weighted by molar-refractivity contribution is 5.86. The van der Waals surface area contributed by atoms with Gasteiger partial charge in [-0.15, -0.1) is 0 Å². The molecule has 7 nitrogen and oxygen atoms in total. The number of aliphatic carboxylic acids is 1. The fourth-order valence-electron chi connectivity index (χ4n) is 3.68. The number of H-pyrrole nitrogens is 1. The molecule has 1 amide bonds. The predicted molar refractivity (Wildman–Crippen MR) is 110 cm³/mol. The van der Waals surface area contributed by atoms with Gasteiger partial charge in [-0.3, -0.25) is 4.79 Å². The number of nitrogens with zero attached hydrogens (tertiary/aromatic N) is 2. The third-order valence-corrected chi connectivity index (χ3v) is 5.15. The van der Waals surface area contributed by atoms with Gasteiger partial charge in [-0.1, -0.05) is 24.3 Å². The maximum absolute atomic E-state index is 12.5. The number of hydrogen-bond acceptors (Lipinski definition) is 3. The van der Waals surface area contributed by atoms with Gasteiger partial charge >= 0.3 is 5.97 Å². The Labute approximate surface area is 167 Å². The molecule has 3 heterocycles. The van der Waals surface area contributed by atoms with Crippen LogP contribution in [0.2, 0.25) is 0 Å². The molecule has 4 aromatic rings. The van der Waals surface area contributed by atoms with E-state index in [4.69, 9.17) is 0 Å². The number of aromatic amines is 1. The molecule has 0 radical (unpaired) electrons. The molecule has 0 bridgehead atoms. The van der Waals surface area contributed by atoms with Gasteiger partial charge in [0.25, 0.3) is 0 Å². The second-order valence-corrected chi connectivity index (χ2v) is 7.09. The van der Waals surface area contributed by atoms with E-state index in [9.17, 15) is 14.7 Å². The van der Waals surface area contributed by atoms with Crippen LogP contribution < -0.4 is 5.32 Å². The van der Waals surface area contributed by atoms with Crippen molar-refractivity contribution < 1.29 is 14.7 Å². The van der Waals surface area contributed by atoms with Crippen molar-refractivity contribution >= 4 is 28.4 Å². The first-order chi connectivity index (χ1) is 14.0. The predicted octanol–water partition coefficient (Wildman–Crippen LogP) is 2.87. The number of aromatic nitrogens is 3. The highest BCUT2D eigenvalue weighted by Gasteiger charge is 2.22. The SMILES string of the molecule is Cc1nc2ccccn2c1CCC(=O)NC(Cc1c[nH]c2ccccc12)C(=O)O. The lowest BCUT2D eigenvalue weighted by atomic mass is 10.0. The first kappa shape index (κ1) is 18.7. The first-order valence-corrected chi connectivity index (χ1v) is 9.52. The van der Waals surface area contributed by atoms with Crippen molar-refractivity contribution in [1.82, 2.24) is 19.7 Å². The number of amides is 1. The summed E-state index contributed by atoms with van der Waals surface area (Å²) in [6, 6.07) is 12.5. The molecular formula is C22H22N4O3. The van der Waals surface area contributed by atoms with Crippen LogP contribution in [0.4, 0.5) is 0 Å². The van der Waals surface area contributed by atoms with E-state index in [2.05, 4.69) is 15.3 Å². The molecule has 1 aromatic carbocycles. The highest BCUT2D eigenvalue weighted by Crippen LogP contribution is 2.19. The molecule has 0 fully saturated rings. The molecule has 0 spiro atoms. The third-order valence-electron chi connectivity index (χ3n) is 5.15. The van der Waals surface area contributed by atoms with Crippen LogP contribution in [0.3, 0.4) is 0 Å². The van der Waals surface area contributed by atoms with Crippen LogP contribution in [-0.2, 0) is 22.4 Å². The maximum Gasteiger partial charge on any atom is 0.326 e. The van der Waals surface area contributed by atoms with Gasteiger partial charge < -0.3 is 19.8 Å². The Morgan fingerprint density at radius 2 is 2.00 bits per heavy atom. The quantitative estimate of drug-likeness (QED) is 0.452. The van der Waals surface area contributed by atoms with Crippen molar-refractivity contribution in [2.75, 3.05) is 0 Å². The van der Waals surface area contributed by atoms with Gasteiger partial charge in [0.15, 0.2) is 0 Å². The van der Waals surface area contributed by atoms with Crippen molar-refractivity contribution in [3.63, 3.8) is 0 Å². The maximum atomic E-state index is 12.5. The summed E-state index contributed by atoms with van der Waals surface area (Å²) in [5.41, 5.74) is 4.48. The van der Waals surface area contributed by atoms with E-state index in [1.807, 2.05) is 60.0 Å². The second-order valence-electron chi connectivity index (χ2n) is 7.09. The fourth-order valence-corrected chi connectivity index (χ4v) is 3.68. The molecule has 0 aliphatic carbocycles. The summed E-state index contributed by atoms with van der Waals surface area (Å²) in [5.74, 6) is -1.34. The molecule has 3 aromatic heterocycles. The highest BCUT2D eigenvalue weighted by atomic mass is 16.4. The minimum absolute atomic E-state index is 0.196. The van der Waals surface area contributed by atoms with E-state index in [-0.39, 0.29) is 18.7 Å². The van der Waals surface area contributed by atoms with E-state index in [1.54, 1.807) is 6.20 Å². The number of nitrogens with one attached hydrogen (secondary N) is 2. The third kappa shape index (κ3) is 3.85. The van der Waals surface area contributed by atoms with Crippen molar-refractivity contribution in [2.45, 2.75) is 32.2 Å². The molecule has 4 rings (SSSR count). The molecule has 1 atom stereocenters. The number of aryl methyl sites for hydroxylation is 2. The van der Waals surface area contributed by atoms with E-state index in [1.165, 1.54) is 0 Å². The average molecular weight is 390 g/mol. The van der Waals surface area contributed by atoms with Gasteiger partial charge in [0.05, 0.1) is 5.69 Å². The van der Waals surface area contributed by atoms with E-state index in [0.29, 0.717) is 6.42 Å². The van der Waals surface area contributed by atoms with Gasteiger partial charge in [-0.25, -0.2) is 9.78 Å². The molecule has 0 saturated heterocycles. The summed E-state index contributed by atoms with van der Waals surface area (Å²) >= 11 is 0. The Hall–Kier alpha value is -3.61. The Bertz CT molecular complexity index is 1190. The van der Waals surface area contributed by atoms with Gasteiger partial charge in [0, 0.05) is 41.8 Å². The van der Waals surface area contributed by atoms with Gasteiger partial charge in [0.1, 0.15) is 11.7 Å². The fraction of sp³-hybridized carbons (Fsp3) is 0.227. The molecule has 0 aliphatic rings. The number of carbonyl (C=O) groups is 2. The minimum Gasteiger partial charge on any atom is -0.480 e. The normalized spacial score (nSPS) is 12.3. The summed E-state index contributed by atoms with van der Waals surface area (Å²) in [4.78, 5) is 31.8. The number of rotatable bonds is 7. The number of carbonyl (C=O) groups excluding carboxylic acids is 1. The molecule has 29 heavy (non-hydrogen) atoms. The lowest BCUT2D eigenvalue weighted by molar-refractivity contribution is -0.141. The molecule has 0 saturated carbocycles. The Morgan fingerprint density at radius 3 is 2.83 bits per heavy atom. The smallest absolute Gasteiger partial charge is 0.326 e. The van der Waals surface area contributed by atoms with Crippen LogP contribution in [0.25, 0.3) is 16.6 Å². The summed E-state index contributed by atoms with van der Waals surface area (Å²) in [7, 11) is 0. The summed E-state index contributed by atoms with van der Waals surface area (Å²) in [6.07, 6.45) is 4.62. The van der Waals surface area contributed by atoms with E-state index < -0.39 is 12.0 Å². The number of benzene rings is 1. The Kier molecular flexibility index (Phi) is 5.03. The summed E-state index contributed by atoms with van der Waals surface area (Å²) in [5, 5.41) is 13.2. The lowest BCUT2D eigenvalue weighted by Gasteiger charge is -2.14. The second kappa shape index (κ2) is 7.79. The zero-order chi connectivity index (χ0) is 20.4. The number of fused-ring (bicyclic) bond motifs is 2. The van der Waals surface area contributed by atoms with Crippen LogP contribution in [0, 0.1) is 6.92 Å². The molecule has 0 aliphatic heterocycles. The van der Waals surface area contributed by atoms with Crippen molar-refractivity contribution in [3.05, 3.63) is 71.8 Å². The average Bonchev–Trinajstić information content (AvgIpc) is 3.26. The van der Waals surface area contributed by atoms with Crippen molar-refractivity contribution in [3.8, 4) is 0 Å². The van der Waals surface area contributed by atoms with Crippen LogP contribution in [0.1, 0.15) is 23.4 Å². The topological polar surface area (TPSA) is 99.5 Å². The number of carboxylic acids is 1. The van der Waals surface area contributed by atoms with Crippen LogP contribution in [0.5, 0.6) is 0 Å². The zero-order valence-electron chi connectivity index (χ0n) is 16.1. The number of carboxylic acid groups (broad SMARTS) is 1. The summed E-state index contributed by atoms with van der Waals surface area (Å²) in [6.45, 7) is 1.91. The molecule has 7 heteroatoms.